The maximum atomic E-state index is 12.9. The SMILES string of the molecule is Cn1ccnc1C(O)C1CCCN(C(=O)c2cccn2C2CC2)C1. The number of piperidine rings is 1. The van der Waals surface area contributed by atoms with Crippen LogP contribution in [0.1, 0.15) is 54.1 Å². The van der Waals surface area contributed by atoms with Gasteiger partial charge in [-0.05, 0) is 37.8 Å². The first kappa shape index (κ1) is 15.4. The van der Waals surface area contributed by atoms with E-state index in [0.717, 1.165) is 37.9 Å². The number of carbonyl (C=O) groups is 1. The predicted octanol–water partition coefficient (Wildman–Crippen LogP) is 2.14. The smallest absolute Gasteiger partial charge is 0.270 e. The lowest BCUT2D eigenvalue weighted by atomic mass is 9.91. The molecule has 0 spiro atoms. The van der Waals surface area contributed by atoms with Gasteiger partial charge in [-0.15, -0.1) is 0 Å². The Morgan fingerprint density at radius 3 is 2.88 bits per heavy atom. The van der Waals surface area contributed by atoms with Gasteiger partial charge in [0, 0.05) is 50.7 Å². The Labute approximate surface area is 141 Å². The van der Waals surface area contributed by atoms with Crippen molar-refractivity contribution in [3.63, 3.8) is 0 Å². The van der Waals surface area contributed by atoms with Crippen molar-refractivity contribution in [3.05, 3.63) is 42.2 Å². The number of aliphatic hydroxyl groups excluding tert-OH is 1. The summed E-state index contributed by atoms with van der Waals surface area (Å²) >= 11 is 0. The van der Waals surface area contributed by atoms with Crippen LogP contribution in [-0.4, -0.2) is 43.1 Å². The van der Waals surface area contributed by atoms with Crippen LogP contribution in [0.5, 0.6) is 0 Å². The number of nitrogens with zero attached hydrogens (tertiary/aromatic N) is 4. The number of aromatic nitrogens is 3. The van der Waals surface area contributed by atoms with Gasteiger partial charge in [0.25, 0.3) is 5.91 Å². The number of imidazole rings is 1. The molecule has 2 atom stereocenters. The van der Waals surface area contributed by atoms with Gasteiger partial charge >= 0.3 is 0 Å². The van der Waals surface area contributed by atoms with Crippen molar-refractivity contribution in [1.82, 2.24) is 19.0 Å². The van der Waals surface area contributed by atoms with E-state index in [0.29, 0.717) is 18.4 Å². The third-order valence-corrected chi connectivity index (χ3v) is 5.25. The maximum absolute atomic E-state index is 12.9. The molecule has 2 aromatic rings. The van der Waals surface area contributed by atoms with Crippen LogP contribution in [0.4, 0.5) is 0 Å². The van der Waals surface area contributed by atoms with Crippen molar-refractivity contribution in [2.75, 3.05) is 13.1 Å². The van der Waals surface area contributed by atoms with Gasteiger partial charge in [-0.1, -0.05) is 0 Å². The summed E-state index contributed by atoms with van der Waals surface area (Å²) in [7, 11) is 1.89. The number of amides is 1. The minimum Gasteiger partial charge on any atom is -0.385 e. The van der Waals surface area contributed by atoms with Crippen LogP contribution in [-0.2, 0) is 7.05 Å². The number of hydrogen-bond acceptors (Lipinski definition) is 3. The van der Waals surface area contributed by atoms with E-state index in [1.807, 2.05) is 41.0 Å². The third kappa shape index (κ3) is 2.75. The summed E-state index contributed by atoms with van der Waals surface area (Å²) in [5, 5.41) is 10.7. The second kappa shape index (κ2) is 6.09. The number of carbonyl (C=O) groups excluding carboxylic acids is 1. The molecule has 1 N–H and O–H groups in total. The number of aryl methyl sites for hydroxylation is 1. The highest BCUT2D eigenvalue weighted by molar-refractivity contribution is 5.93. The van der Waals surface area contributed by atoms with Gasteiger partial charge in [0.15, 0.2) is 0 Å². The van der Waals surface area contributed by atoms with Crippen molar-refractivity contribution >= 4 is 5.91 Å². The highest BCUT2D eigenvalue weighted by Gasteiger charge is 2.33. The van der Waals surface area contributed by atoms with E-state index in [2.05, 4.69) is 9.55 Å². The zero-order chi connectivity index (χ0) is 16.7. The van der Waals surface area contributed by atoms with E-state index in [4.69, 9.17) is 0 Å². The molecule has 2 fully saturated rings. The largest absolute Gasteiger partial charge is 0.385 e. The van der Waals surface area contributed by atoms with Crippen LogP contribution >= 0.6 is 0 Å². The van der Waals surface area contributed by atoms with Crippen LogP contribution < -0.4 is 0 Å². The standard InChI is InChI=1S/C18H24N4O2/c1-20-11-8-19-17(20)16(23)13-4-2-9-21(12-13)18(24)15-5-3-10-22(15)14-6-7-14/h3,5,8,10-11,13-14,16,23H,2,4,6-7,9,12H2,1H3. The van der Waals surface area contributed by atoms with Crippen molar-refractivity contribution in [2.24, 2.45) is 13.0 Å². The molecule has 3 heterocycles. The fourth-order valence-electron chi connectivity index (χ4n) is 3.73. The van der Waals surface area contributed by atoms with Gasteiger partial charge in [0.2, 0.25) is 0 Å². The number of likely N-dealkylation sites (tertiary alicyclic amines) is 1. The summed E-state index contributed by atoms with van der Waals surface area (Å²) in [6, 6.07) is 4.37. The Kier molecular flexibility index (Phi) is 3.92. The molecule has 1 saturated carbocycles. The first-order valence-electron chi connectivity index (χ1n) is 8.76. The van der Waals surface area contributed by atoms with Crippen molar-refractivity contribution in [3.8, 4) is 0 Å². The highest BCUT2D eigenvalue weighted by Crippen LogP contribution is 2.36. The molecule has 4 rings (SSSR count). The lowest BCUT2D eigenvalue weighted by molar-refractivity contribution is 0.0352. The zero-order valence-corrected chi connectivity index (χ0v) is 14.0. The molecule has 1 aliphatic carbocycles. The van der Waals surface area contributed by atoms with E-state index >= 15 is 0 Å². The number of rotatable bonds is 4. The molecule has 0 aromatic carbocycles. The highest BCUT2D eigenvalue weighted by atomic mass is 16.3. The second-order valence-electron chi connectivity index (χ2n) is 7.03. The minimum atomic E-state index is -0.629. The summed E-state index contributed by atoms with van der Waals surface area (Å²) in [5.41, 5.74) is 0.782. The molecule has 1 aliphatic heterocycles. The van der Waals surface area contributed by atoms with E-state index in [-0.39, 0.29) is 11.8 Å². The predicted molar refractivity (Wildman–Crippen MR) is 89.5 cm³/mol. The number of hydrogen-bond donors (Lipinski definition) is 1. The number of aliphatic hydroxyl groups is 1. The molecule has 2 unspecified atom stereocenters. The normalized spacial score (nSPS) is 22.6. The van der Waals surface area contributed by atoms with Crippen molar-refractivity contribution < 1.29 is 9.90 Å². The molecule has 2 aliphatic rings. The molecule has 0 bridgehead atoms. The van der Waals surface area contributed by atoms with E-state index in [1.54, 1.807) is 6.20 Å². The Morgan fingerprint density at radius 2 is 2.17 bits per heavy atom. The summed E-state index contributed by atoms with van der Waals surface area (Å²) in [4.78, 5) is 19.1. The maximum Gasteiger partial charge on any atom is 0.270 e. The van der Waals surface area contributed by atoms with E-state index in [1.165, 1.54) is 0 Å². The molecular formula is C18H24N4O2. The first-order chi connectivity index (χ1) is 11.6. The zero-order valence-electron chi connectivity index (χ0n) is 14.0. The van der Waals surface area contributed by atoms with Crippen molar-refractivity contribution in [2.45, 2.75) is 37.8 Å². The van der Waals surface area contributed by atoms with Crippen LogP contribution in [0.25, 0.3) is 0 Å². The van der Waals surface area contributed by atoms with Crippen LogP contribution in [0, 0.1) is 5.92 Å². The molecule has 0 radical (unpaired) electrons. The average Bonchev–Trinajstić information content (AvgIpc) is 3.17. The molecule has 1 saturated heterocycles. The molecular weight excluding hydrogens is 304 g/mol. The topological polar surface area (TPSA) is 63.3 Å². The first-order valence-corrected chi connectivity index (χ1v) is 8.76. The van der Waals surface area contributed by atoms with Crippen molar-refractivity contribution in [1.29, 1.82) is 0 Å². The summed E-state index contributed by atoms with van der Waals surface area (Å²) in [6.45, 7) is 1.35. The van der Waals surface area contributed by atoms with Gasteiger partial charge in [0.05, 0.1) is 0 Å². The summed E-state index contributed by atoms with van der Waals surface area (Å²) < 4.78 is 3.96. The van der Waals surface area contributed by atoms with Gasteiger partial charge in [-0.3, -0.25) is 4.79 Å². The van der Waals surface area contributed by atoms with Crippen LogP contribution in [0.15, 0.2) is 30.7 Å². The lowest BCUT2D eigenvalue weighted by Gasteiger charge is -2.35. The Hall–Kier alpha value is -2.08. The van der Waals surface area contributed by atoms with Gasteiger partial charge in [-0.25, -0.2) is 4.98 Å². The molecule has 24 heavy (non-hydrogen) atoms. The second-order valence-corrected chi connectivity index (χ2v) is 7.03. The summed E-state index contributed by atoms with van der Waals surface area (Å²) in [5.74, 6) is 0.799. The molecule has 128 valence electrons. The van der Waals surface area contributed by atoms with Crippen LogP contribution in [0.2, 0.25) is 0 Å². The Balaban J connectivity index is 1.49. The minimum absolute atomic E-state index is 0.0353. The Bertz CT molecular complexity index is 731. The fraction of sp³-hybridized carbons (Fsp3) is 0.556. The molecule has 6 heteroatoms. The van der Waals surface area contributed by atoms with Gasteiger partial charge < -0.3 is 19.1 Å². The molecule has 2 aromatic heterocycles. The van der Waals surface area contributed by atoms with E-state index in [9.17, 15) is 9.90 Å². The van der Waals surface area contributed by atoms with Gasteiger partial charge in [-0.2, -0.15) is 0 Å². The quantitative estimate of drug-likeness (QED) is 0.935. The fourth-order valence-corrected chi connectivity index (χ4v) is 3.73. The monoisotopic (exact) mass is 328 g/mol. The van der Waals surface area contributed by atoms with Crippen LogP contribution in [0.3, 0.4) is 0 Å². The average molecular weight is 328 g/mol. The van der Waals surface area contributed by atoms with E-state index < -0.39 is 6.10 Å². The molecule has 6 nitrogen and oxygen atoms in total. The van der Waals surface area contributed by atoms with Gasteiger partial charge in [0.1, 0.15) is 17.6 Å². The lowest BCUT2D eigenvalue weighted by Crippen LogP contribution is -2.42. The summed E-state index contributed by atoms with van der Waals surface area (Å²) in [6.07, 6.45) is 9.08. The Morgan fingerprint density at radius 1 is 1.33 bits per heavy atom. The third-order valence-electron chi connectivity index (χ3n) is 5.25. The molecule has 1 amide bonds.